The zero-order valence-electron chi connectivity index (χ0n) is 13.9. The molecular formula is C16H29N3O3. The van der Waals surface area contributed by atoms with Crippen LogP contribution in [0, 0.1) is 5.92 Å². The van der Waals surface area contributed by atoms with E-state index in [2.05, 4.69) is 0 Å². The molecule has 6 heteroatoms. The third-order valence-corrected chi connectivity index (χ3v) is 4.60. The molecule has 0 saturated carbocycles. The van der Waals surface area contributed by atoms with E-state index in [0.717, 1.165) is 52.0 Å². The van der Waals surface area contributed by atoms with E-state index in [-0.39, 0.29) is 11.8 Å². The zero-order chi connectivity index (χ0) is 15.9. The molecule has 6 nitrogen and oxygen atoms in total. The summed E-state index contributed by atoms with van der Waals surface area (Å²) in [5.74, 6) is 0.905. The van der Waals surface area contributed by atoms with Crippen molar-refractivity contribution in [1.82, 2.24) is 14.7 Å². The standard InChI is InChI=1S/C16H29N3O3/c1-17(9-10-22-2)13-16(21)19-7-3-5-14(12-19)11-18-8-4-6-15(18)20/h14H,3-13H2,1-2H3/t14-/m0/s1. The molecule has 2 heterocycles. The molecule has 1 atom stereocenters. The van der Waals surface area contributed by atoms with Crippen molar-refractivity contribution in [2.24, 2.45) is 5.92 Å². The maximum absolute atomic E-state index is 12.4. The van der Waals surface area contributed by atoms with E-state index in [9.17, 15) is 9.59 Å². The number of likely N-dealkylation sites (N-methyl/N-ethyl adjacent to an activating group) is 1. The number of ether oxygens (including phenoxy) is 1. The van der Waals surface area contributed by atoms with Crippen LogP contribution in [0.1, 0.15) is 25.7 Å². The molecule has 2 saturated heterocycles. The summed E-state index contributed by atoms with van der Waals surface area (Å²) in [5.41, 5.74) is 0. The lowest BCUT2D eigenvalue weighted by atomic mass is 9.97. The first kappa shape index (κ1) is 17.2. The van der Waals surface area contributed by atoms with Gasteiger partial charge in [-0.15, -0.1) is 0 Å². The van der Waals surface area contributed by atoms with Crippen LogP contribution >= 0.6 is 0 Å². The van der Waals surface area contributed by atoms with Crippen LogP contribution in [0.2, 0.25) is 0 Å². The number of carbonyl (C=O) groups excluding carboxylic acids is 2. The smallest absolute Gasteiger partial charge is 0.236 e. The Labute approximate surface area is 133 Å². The van der Waals surface area contributed by atoms with Gasteiger partial charge in [-0.25, -0.2) is 0 Å². The van der Waals surface area contributed by atoms with E-state index in [1.807, 2.05) is 21.7 Å². The van der Waals surface area contributed by atoms with Gasteiger partial charge >= 0.3 is 0 Å². The number of piperidine rings is 1. The van der Waals surface area contributed by atoms with Crippen molar-refractivity contribution in [2.75, 3.05) is 60.0 Å². The Morgan fingerprint density at radius 1 is 1.36 bits per heavy atom. The molecule has 0 aromatic rings. The molecule has 0 radical (unpaired) electrons. The molecule has 0 unspecified atom stereocenters. The van der Waals surface area contributed by atoms with Crippen LogP contribution in [-0.2, 0) is 14.3 Å². The summed E-state index contributed by atoms with van der Waals surface area (Å²) in [6.07, 6.45) is 3.84. The number of rotatable bonds is 7. The van der Waals surface area contributed by atoms with Gasteiger partial charge in [0.25, 0.3) is 0 Å². The molecule has 0 aliphatic carbocycles. The molecule has 2 amide bonds. The predicted molar refractivity (Wildman–Crippen MR) is 84.5 cm³/mol. The highest BCUT2D eigenvalue weighted by molar-refractivity contribution is 5.79. The minimum Gasteiger partial charge on any atom is -0.383 e. The van der Waals surface area contributed by atoms with Gasteiger partial charge in [-0.2, -0.15) is 0 Å². The molecule has 0 bridgehead atoms. The molecule has 2 rings (SSSR count). The molecule has 2 aliphatic rings. The van der Waals surface area contributed by atoms with Crippen LogP contribution in [0.4, 0.5) is 0 Å². The van der Waals surface area contributed by atoms with Crippen LogP contribution in [0.15, 0.2) is 0 Å². The monoisotopic (exact) mass is 311 g/mol. The Morgan fingerprint density at radius 2 is 2.18 bits per heavy atom. The third-order valence-electron chi connectivity index (χ3n) is 4.60. The predicted octanol–water partition coefficient (Wildman–Crippen LogP) is 0.426. The van der Waals surface area contributed by atoms with Crippen molar-refractivity contribution < 1.29 is 14.3 Å². The van der Waals surface area contributed by atoms with Gasteiger partial charge in [-0.05, 0) is 32.2 Å². The topological polar surface area (TPSA) is 53.1 Å². The van der Waals surface area contributed by atoms with Gasteiger partial charge < -0.3 is 14.5 Å². The lowest BCUT2D eigenvalue weighted by Gasteiger charge is -2.35. The van der Waals surface area contributed by atoms with Gasteiger partial charge in [0.15, 0.2) is 0 Å². The van der Waals surface area contributed by atoms with Crippen LogP contribution in [0.3, 0.4) is 0 Å². The Balaban J connectivity index is 1.77. The lowest BCUT2D eigenvalue weighted by Crippen LogP contribution is -2.47. The maximum atomic E-state index is 12.4. The fraction of sp³-hybridized carbons (Fsp3) is 0.875. The normalized spacial score (nSPS) is 22.7. The number of nitrogens with zero attached hydrogens (tertiary/aromatic N) is 3. The van der Waals surface area contributed by atoms with Crippen molar-refractivity contribution >= 4 is 11.8 Å². The minimum absolute atomic E-state index is 0.191. The van der Waals surface area contributed by atoms with Crippen LogP contribution in [0.25, 0.3) is 0 Å². The number of carbonyl (C=O) groups is 2. The summed E-state index contributed by atoms with van der Waals surface area (Å²) >= 11 is 0. The SMILES string of the molecule is COCCN(C)CC(=O)N1CCC[C@@H](CN2CCCC2=O)C1. The van der Waals surface area contributed by atoms with E-state index < -0.39 is 0 Å². The number of hydrogen-bond donors (Lipinski definition) is 0. The highest BCUT2D eigenvalue weighted by atomic mass is 16.5. The first-order valence-corrected chi connectivity index (χ1v) is 8.33. The van der Waals surface area contributed by atoms with Gasteiger partial charge in [-0.3, -0.25) is 14.5 Å². The van der Waals surface area contributed by atoms with E-state index in [1.54, 1.807) is 7.11 Å². The largest absolute Gasteiger partial charge is 0.383 e. The van der Waals surface area contributed by atoms with Gasteiger partial charge in [0.2, 0.25) is 11.8 Å². The van der Waals surface area contributed by atoms with Crippen molar-refractivity contribution in [2.45, 2.75) is 25.7 Å². The van der Waals surface area contributed by atoms with Crippen LogP contribution < -0.4 is 0 Å². The Hall–Kier alpha value is -1.14. The van der Waals surface area contributed by atoms with Crippen molar-refractivity contribution in [3.8, 4) is 0 Å². The number of hydrogen-bond acceptors (Lipinski definition) is 4. The molecule has 22 heavy (non-hydrogen) atoms. The fourth-order valence-corrected chi connectivity index (χ4v) is 3.31. The number of likely N-dealkylation sites (tertiary alicyclic amines) is 2. The second kappa shape index (κ2) is 8.48. The molecule has 0 N–H and O–H groups in total. The summed E-state index contributed by atoms with van der Waals surface area (Å²) in [6, 6.07) is 0. The molecule has 0 aromatic heterocycles. The highest BCUT2D eigenvalue weighted by Gasteiger charge is 2.28. The second-order valence-electron chi connectivity index (χ2n) is 6.52. The van der Waals surface area contributed by atoms with Crippen LogP contribution in [0.5, 0.6) is 0 Å². The molecule has 0 aromatic carbocycles. The lowest BCUT2D eigenvalue weighted by molar-refractivity contribution is -0.134. The molecule has 126 valence electrons. The van der Waals surface area contributed by atoms with E-state index in [1.165, 1.54) is 0 Å². The summed E-state index contributed by atoms with van der Waals surface area (Å²) in [6.45, 7) is 5.21. The number of methoxy groups -OCH3 is 1. The highest BCUT2D eigenvalue weighted by Crippen LogP contribution is 2.20. The van der Waals surface area contributed by atoms with E-state index in [4.69, 9.17) is 4.74 Å². The summed E-state index contributed by atoms with van der Waals surface area (Å²) in [5, 5.41) is 0. The van der Waals surface area contributed by atoms with E-state index >= 15 is 0 Å². The molecule has 2 fully saturated rings. The quantitative estimate of drug-likeness (QED) is 0.684. The van der Waals surface area contributed by atoms with E-state index in [0.29, 0.717) is 25.5 Å². The summed E-state index contributed by atoms with van der Waals surface area (Å²) < 4.78 is 5.04. The maximum Gasteiger partial charge on any atom is 0.236 e. The van der Waals surface area contributed by atoms with Crippen molar-refractivity contribution in [3.63, 3.8) is 0 Å². The first-order chi connectivity index (χ1) is 10.6. The average Bonchev–Trinajstić information content (AvgIpc) is 2.90. The Kier molecular flexibility index (Phi) is 6.64. The van der Waals surface area contributed by atoms with Crippen LogP contribution in [-0.4, -0.2) is 86.5 Å². The second-order valence-corrected chi connectivity index (χ2v) is 6.52. The van der Waals surface area contributed by atoms with Gasteiger partial charge in [0, 0.05) is 46.3 Å². The fourth-order valence-electron chi connectivity index (χ4n) is 3.31. The Bertz CT molecular complexity index is 389. The summed E-state index contributed by atoms with van der Waals surface area (Å²) in [7, 11) is 3.62. The van der Waals surface area contributed by atoms with Crippen molar-refractivity contribution in [1.29, 1.82) is 0 Å². The molecule has 0 spiro atoms. The number of amides is 2. The van der Waals surface area contributed by atoms with Gasteiger partial charge in [0.05, 0.1) is 13.2 Å². The minimum atomic E-state index is 0.191. The van der Waals surface area contributed by atoms with Gasteiger partial charge in [0.1, 0.15) is 0 Å². The average molecular weight is 311 g/mol. The molecular weight excluding hydrogens is 282 g/mol. The summed E-state index contributed by atoms with van der Waals surface area (Å²) in [4.78, 5) is 30.1. The zero-order valence-corrected chi connectivity index (χ0v) is 13.9. The Morgan fingerprint density at radius 3 is 2.86 bits per heavy atom. The first-order valence-electron chi connectivity index (χ1n) is 8.33. The third kappa shape index (κ3) is 4.95. The van der Waals surface area contributed by atoms with Crippen molar-refractivity contribution in [3.05, 3.63) is 0 Å². The molecule has 2 aliphatic heterocycles. The van der Waals surface area contributed by atoms with Gasteiger partial charge in [-0.1, -0.05) is 0 Å².